The normalized spacial score (nSPS) is 17.0. The SMILES string of the molecule is CCCC(C)NC(C(C)C)S(=O)(=O)O. The fourth-order valence-corrected chi connectivity index (χ4v) is 2.51. The Morgan fingerprint density at radius 3 is 2.07 bits per heavy atom. The van der Waals surface area contributed by atoms with Crippen molar-refractivity contribution in [2.24, 2.45) is 5.92 Å². The summed E-state index contributed by atoms with van der Waals surface area (Å²) < 4.78 is 31.0. The zero-order valence-electron chi connectivity index (χ0n) is 9.32. The molecule has 0 spiro atoms. The largest absolute Gasteiger partial charge is 0.296 e. The summed E-state index contributed by atoms with van der Waals surface area (Å²) >= 11 is 0. The third-order valence-corrected chi connectivity index (χ3v) is 3.42. The quantitative estimate of drug-likeness (QED) is 0.672. The van der Waals surface area contributed by atoms with Gasteiger partial charge in [-0.25, -0.2) is 0 Å². The first kappa shape index (κ1) is 13.9. The molecule has 0 saturated heterocycles. The van der Waals surface area contributed by atoms with E-state index in [9.17, 15) is 8.42 Å². The standard InChI is InChI=1S/C9H21NO3S/c1-5-6-8(4)10-9(7(2)3)14(11,12)13/h7-10H,5-6H2,1-4H3,(H,11,12,13). The Hall–Kier alpha value is -0.130. The van der Waals surface area contributed by atoms with Crippen LogP contribution < -0.4 is 5.32 Å². The lowest BCUT2D eigenvalue weighted by molar-refractivity contribution is 0.378. The van der Waals surface area contributed by atoms with Crippen LogP contribution in [0.4, 0.5) is 0 Å². The maximum absolute atomic E-state index is 11.0. The van der Waals surface area contributed by atoms with Crippen LogP contribution in [-0.2, 0) is 10.1 Å². The monoisotopic (exact) mass is 223 g/mol. The van der Waals surface area contributed by atoms with Crippen LogP contribution in [0.1, 0.15) is 40.5 Å². The molecular weight excluding hydrogens is 202 g/mol. The van der Waals surface area contributed by atoms with Crippen molar-refractivity contribution in [2.45, 2.75) is 52.0 Å². The Bertz CT molecular complexity index is 249. The van der Waals surface area contributed by atoms with Crippen molar-refractivity contribution in [3.63, 3.8) is 0 Å². The van der Waals surface area contributed by atoms with Crippen LogP contribution in [-0.4, -0.2) is 24.4 Å². The maximum atomic E-state index is 11.0. The topological polar surface area (TPSA) is 66.4 Å². The molecule has 0 aromatic rings. The van der Waals surface area contributed by atoms with E-state index in [-0.39, 0.29) is 12.0 Å². The highest BCUT2D eigenvalue weighted by Crippen LogP contribution is 2.10. The molecule has 0 bridgehead atoms. The second kappa shape index (κ2) is 5.68. The maximum Gasteiger partial charge on any atom is 0.281 e. The minimum atomic E-state index is -3.99. The van der Waals surface area contributed by atoms with E-state index in [0.29, 0.717) is 0 Å². The lowest BCUT2D eigenvalue weighted by Crippen LogP contribution is -2.45. The summed E-state index contributed by atoms with van der Waals surface area (Å²) in [5.74, 6) is -0.135. The molecule has 0 aromatic heterocycles. The Labute approximate surface area is 86.8 Å². The summed E-state index contributed by atoms with van der Waals surface area (Å²) in [5.41, 5.74) is 0. The van der Waals surface area contributed by atoms with E-state index in [1.54, 1.807) is 13.8 Å². The van der Waals surface area contributed by atoms with Crippen molar-refractivity contribution in [2.75, 3.05) is 0 Å². The van der Waals surface area contributed by atoms with Crippen molar-refractivity contribution in [1.29, 1.82) is 0 Å². The zero-order chi connectivity index (χ0) is 11.4. The van der Waals surface area contributed by atoms with E-state index >= 15 is 0 Å². The molecule has 2 atom stereocenters. The lowest BCUT2D eigenvalue weighted by atomic mass is 10.1. The van der Waals surface area contributed by atoms with Crippen molar-refractivity contribution in [3.8, 4) is 0 Å². The number of hydrogen-bond acceptors (Lipinski definition) is 3. The molecule has 86 valence electrons. The molecule has 0 saturated carbocycles. The van der Waals surface area contributed by atoms with E-state index in [4.69, 9.17) is 4.55 Å². The van der Waals surface area contributed by atoms with Crippen molar-refractivity contribution >= 4 is 10.1 Å². The minimum absolute atomic E-state index is 0.106. The van der Waals surface area contributed by atoms with Crippen LogP contribution in [0.5, 0.6) is 0 Å². The van der Waals surface area contributed by atoms with E-state index in [2.05, 4.69) is 5.32 Å². The fourth-order valence-electron chi connectivity index (χ4n) is 1.42. The number of rotatable bonds is 6. The molecule has 0 aliphatic rings. The predicted molar refractivity (Wildman–Crippen MR) is 57.7 cm³/mol. The lowest BCUT2D eigenvalue weighted by Gasteiger charge is -2.23. The summed E-state index contributed by atoms with van der Waals surface area (Å²) in [5, 5.41) is 2.06. The highest BCUT2D eigenvalue weighted by atomic mass is 32.2. The first-order chi connectivity index (χ1) is 6.29. The van der Waals surface area contributed by atoms with E-state index in [1.807, 2.05) is 13.8 Å². The summed E-state index contributed by atoms with van der Waals surface area (Å²) in [6, 6.07) is 0.106. The van der Waals surface area contributed by atoms with Crippen LogP contribution in [0, 0.1) is 5.92 Å². The first-order valence-corrected chi connectivity index (χ1v) is 6.51. The molecule has 0 amide bonds. The van der Waals surface area contributed by atoms with Gasteiger partial charge in [-0.2, -0.15) is 8.42 Å². The predicted octanol–water partition coefficient (Wildman–Crippen LogP) is 1.63. The molecule has 0 radical (unpaired) electrons. The summed E-state index contributed by atoms with van der Waals surface area (Å²) in [4.78, 5) is 0. The molecule has 0 heterocycles. The van der Waals surface area contributed by atoms with Gasteiger partial charge < -0.3 is 0 Å². The molecular formula is C9H21NO3S. The summed E-state index contributed by atoms with van der Waals surface area (Å²) in [6.07, 6.45) is 1.89. The first-order valence-electron chi connectivity index (χ1n) is 5.01. The van der Waals surface area contributed by atoms with E-state index in [0.717, 1.165) is 12.8 Å². The van der Waals surface area contributed by atoms with Gasteiger partial charge in [-0.05, 0) is 19.3 Å². The van der Waals surface area contributed by atoms with Gasteiger partial charge in [0.2, 0.25) is 0 Å². The average molecular weight is 223 g/mol. The van der Waals surface area contributed by atoms with Gasteiger partial charge in [0.15, 0.2) is 0 Å². The fraction of sp³-hybridized carbons (Fsp3) is 1.00. The van der Waals surface area contributed by atoms with Gasteiger partial charge in [0.1, 0.15) is 5.37 Å². The third kappa shape index (κ3) is 4.93. The second-order valence-corrected chi connectivity index (χ2v) is 5.57. The molecule has 0 rings (SSSR count). The molecule has 0 aliphatic heterocycles. The van der Waals surface area contributed by atoms with Crippen LogP contribution >= 0.6 is 0 Å². The highest BCUT2D eigenvalue weighted by molar-refractivity contribution is 7.86. The Morgan fingerprint density at radius 2 is 1.79 bits per heavy atom. The summed E-state index contributed by atoms with van der Waals surface area (Å²) in [7, 11) is -3.99. The number of hydrogen-bond donors (Lipinski definition) is 2. The average Bonchev–Trinajstić information content (AvgIpc) is 1.98. The van der Waals surface area contributed by atoms with Gasteiger partial charge in [-0.15, -0.1) is 0 Å². The van der Waals surface area contributed by atoms with Crippen molar-refractivity contribution < 1.29 is 13.0 Å². The van der Waals surface area contributed by atoms with Gasteiger partial charge in [0.05, 0.1) is 0 Å². The molecule has 5 heteroatoms. The molecule has 0 aliphatic carbocycles. The Kier molecular flexibility index (Phi) is 5.63. The zero-order valence-corrected chi connectivity index (χ0v) is 10.1. The highest BCUT2D eigenvalue weighted by Gasteiger charge is 2.27. The van der Waals surface area contributed by atoms with Gasteiger partial charge in [-0.1, -0.05) is 27.2 Å². The third-order valence-electron chi connectivity index (χ3n) is 2.10. The van der Waals surface area contributed by atoms with Crippen molar-refractivity contribution in [3.05, 3.63) is 0 Å². The van der Waals surface area contributed by atoms with Crippen LogP contribution in [0.3, 0.4) is 0 Å². The van der Waals surface area contributed by atoms with Gasteiger partial charge in [0, 0.05) is 6.04 Å². The van der Waals surface area contributed by atoms with Crippen molar-refractivity contribution in [1.82, 2.24) is 5.32 Å². The molecule has 2 unspecified atom stereocenters. The molecule has 2 N–H and O–H groups in total. The Morgan fingerprint density at radius 1 is 1.29 bits per heavy atom. The van der Waals surface area contributed by atoms with E-state index < -0.39 is 15.5 Å². The molecule has 0 fully saturated rings. The van der Waals surface area contributed by atoms with Gasteiger partial charge in [0.25, 0.3) is 10.1 Å². The molecule has 0 aromatic carbocycles. The van der Waals surface area contributed by atoms with Crippen LogP contribution in [0.15, 0.2) is 0 Å². The second-order valence-electron chi connectivity index (χ2n) is 4.04. The minimum Gasteiger partial charge on any atom is -0.296 e. The van der Waals surface area contributed by atoms with Crippen LogP contribution in [0.25, 0.3) is 0 Å². The molecule has 4 nitrogen and oxygen atoms in total. The van der Waals surface area contributed by atoms with Crippen LogP contribution in [0.2, 0.25) is 0 Å². The summed E-state index contributed by atoms with van der Waals surface area (Å²) in [6.45, 7) is 7.49. The smallest absolute Gasteiger partial charge is 0.281 e. The molecule has 14 heavy (non-hydrogen) atoms. The number of nitrogens with one attached hydrogen (secondary N) is 1. The van der Waals surface area contributed by atoms with Gasteiger partial charge >= 0.3 is 0 Å². The van der Waals surface area contributed by atoms with Gasteiger partial charge in [-0.3, -0.25) is 9.87 Å². The van der Waals surface area contributed by atoms with E-state index in [1.165, 1.54) is 0 Å². The Balaban J connectivity index is 4.40.